The van der Waals surface area contributed by atoms with Gasteiger partial charge in [-0.15, -0.1) is 0 Å². The van der Waals surface area contributed by atoms with E-state index in [4.69, 9.17) is 18.6 Å². The Morgan fingerprint density at radius 3 is 2.66 bits per heavy atom. The maximum Gasteiger partial charge on any atom is 0.216 e. The number of pyridine rings is 1. The van der Waals surface area contributed by atoms with Gasteiger partial charge in [-0.2, -0.15) is 0 Å². The first kappa shape index (κ1) is 19.9. The van der Waals surface area contributed by atoms with Gasteiger partial charge in [0, 0.05) is 43.7 Å². The van der Waals surface area contributed by atoms with Crippen LogP contribution >= 0.6 is 0 Å². The summed E-state index contributed by atoms with van der Waals surface area (Å²) in [7, 11) is 0. The van der Waals surface area contributed by atoms with Gasteiger partial charge in [-0.25, -0.2) is 9.98 Å². The number of rotatable bonds is 3. The lowest BCUT2D eigenvalue weighted by Gasteiger charge is -2.34. The molecule has 0 spiro atoms. The third-order valence-electron chi connectivity index (χ3n) is 7.82. The van der Waals surface area contributed by atoms with Crippen molar-refractivity contribution in [1.29, 1.82) is 0 Å². The van der Waals surface area contributed by atoms with Gasteiger partial charge in [0.1, 0.15) is 23.9 Å². The van der Waals surface area contributed by atoms with Crippen molar-refractivity contribution >= 4 is 27.7 Å². The molecule has 0 unspecified atom stereocenters. The van der Waals surface area contributed by atoms with Crippen molar-refractivity contribution in [3.05, 3.63) is 94.2 Å². The Morgan fingerprint density at radius 1 is 1.00 bits per heavy atom. The minimum Gasteiger partial charge on any atom is -0.475 e. The van der Waals surface area contributed by atoms with Gasteiger partial charge in [-0.1, -0.05) is 31.5 Å². The van der Waals surface area contributed by atoms with Gasteiger partial charge in [0.15, 0.2) is 0 Å². The lowest BCUT2D eigenvalue weighted by Crippen LogP contribution is -2.27. The molecule has 2 aliphatic rings. The second kappa shape index (κ2) is 7.94. The summed E-state index contributed by atoms with van der Waals surface area (Å²) in [6, 6.07) is 18.0. The minimum atomic E-state index is -2.19. The van der Waals surface area contributed by atoms with E-state index in [1.165, 1.54) is 33.0 Å². The van der Waals surface area contributed by atoms with Crippen LogP contribution in [0, 0.1) is 20.8 Å². The number of hydrogen-bond donors (Lipinski definition) is 0. The fourth-order valence-electron chi connectivity index (χ4n) is 6.03. The number of benzene rings is 3. The molecule has 3 aromatic carbocycles. The molecule has 0 fully saturated rings. The van der Waals surface area contributed by atoms with Crippen molar-refractivity contribution in [3.8, 4) is 17.3 Å². The van der Waals surface area contributed by atoms with Crippen LogP contribution in [0.25, 0.3) is 27.6 Å². The molecule has 0 radical (unpaired) electrons. The van der Waals surface area contributed by atoms with Gasteiger partial charge in [-0.05, 0) is 80.7 Å². The maximum atomic E-state index is 7.69. The third-order valence-corrected chi connectivity index (χ3v) is 7.82. The molecule has 0 amide bonds. The number of hydrogen-bond acceptors (Lipinski definition) is 4. The molecular formula is C33H31N3O2. The van der Waals surface area contributed by atoms with Crippen LogP contribution in [-0.4, -0.2) is 28.1 Å². The fourth-order valence-corrected chi connectivity index (χ4v) is 6.03. The van der Waals surface area contributed by atoms with Crippen molar-refractivity contribution in [3.63, 3.8) is 0 Å². The molecule has 0 N–H and O–H groups in total. The Morgan fingerprint density at radius 2 is 1.84 bits per heavy atom. The lowest BCUT2D eigenvalue weighted by atomic mass is 9.75. The first-order chi connectivity index (χ1) is 19.4. The Balaban J connectivity index is 1.38. The summed E-state index contributed by atoms with van der Waals surface area (Å²) in [6.45, 7) is 8.59. The predicted molar refractivity (Wildman–Crippen MR) is 153 cm³/mol. The average molecular weight is 505 g/mol. The quantitative estimate of drug-likeness (QED) is 0.253. The van der Waals surface area contributed by atoms with Crippen LogP contribution in [0.1, 0.15) is 58.2 Å². The van der Waals surface area contributed by atoms with Crippen LogP contribution in [0.2, 0.25) is 0 Å². The zero-order valence-electron chi connectivity index (χ0n) is 25.2. The van der Waals surface area contributed by atoms with E-state index in [1.54, 1.807) is 0 Å². The molecule has 190 valence electrons. The van der Waals surface area contributed by atoms with E-state index >= 15 is 0 Å². The number of fused-ring (bicyclic) bond motifs is 5. The Bertz CT molecular complexity index is 1930. The van der Waals surface area contributed by atoms with E-state index < -0.39 is 12.9 Å². The monoisotopic (exact) mass is 504 g/mol. The molecule has 4 heterocycles. The average Bonchev–Trinajstić information content (AvgIpc) is 3.52. The van der Waals surface area contributed by atoms with Crippen molar-refractivity contribution in [2.75, 3.05) is 6.61 Å². The molecule has 5 heteroatoms. The standard InChI is InChI=1S/C33H31N3O2/c1-18-10-22(32-35-21(4)17-37-32)15-23(11-18)38-29-16-28-24(14-20(29)3)25-12-19(2)13-27-30(25)36(28)31-26(33(27,5)6)8-7-9-34-31/h7-16,21H,17H2,1-6H3/t21-/m1/s1/i4D3. The first-order valence-corrected chi connectivity index (χ1v) is 13.0. The lowest BCUT2D eigenvalue weighted by molar-refractivity contribution is 0.324. The fraction of sp³-hybridized carbons (Fsp3) is 0.273. The summed E-state index contributed by atoms with van der Waals surface area (Å²) in [6.07, 6.45) is 1.86. The normalized spacial score (nSPS) is 18.9. The topological polar surface area (TPSA) is 48.6 Å². The van der Waals surface area contributed by atoms with Crippen LogP contribution in [-0.2, 0) is 10.2 Å². The number of aryl methyl sites for hydroxylation is 3. The van der Waals surface area contributed by atoms with Crippen LogP contribution in [0.3, 0.4) is 0 Å². The second-order valence-electron chi connectivity index (χ2n) is 11.1. The summed E-state index contributed by atoms with van der Waals surface area (Å²) in [5.41, 5.74) is 8.44. The summed E-state index contributed by atoms with van der Waals surface area (Å²) >= 11 is 0. The molecule has 38 heavy (non-hydrogen) atoms. The van der Waals surface area contributed by atoms with Crippen molar-refractivity contribution in [1.82, 2.24) is 9.55 Å². The molecule has 0 aliphatic carbocycles. The largest absolute Gasteiger partial charge is 0.475 e. The van der Waals surface area contributed by atoms with Crippen LogP contribution in [0.15, 0.2) is 65.8 Å². The van der Waals surface area contributed by atoms with Crippen molar-refractivity contribution in [2.45, 2.75) is 52.9 Å². The number of aromatic nitrogens is 2. The van der Waals surface area contributed by atoms with E-state index in [0.717, 1.165) is 28.2 Å². The highest BCUT2D eigenvalue weighted by Crippen LogP contribution is 2.48. The van der Waals surface area contributed by atoms with Gasteiger partial charge < -0.3 is 9.47 Å². The highest BCUT2D eigenvalue weighted by atomic mass is 16.5. The zero-order chi connectivity index (χ0) is 28.8. The summed E-state index contributed by atoms with van der Waals surface area (Å²) < 4.78 is 37.6. The van der Waals surface area contributed by atoms with Crippen LogP contribution in [0.5, 0.6) is 11.5 Å². The predicted octanol–water partition coefficient (Wildman–Crippen LogP) is 7.70. The molecule has 0 saturated carbocycles. The van der Waals surface area contributed by atoms with Gasteiger partial charge in [0.05, 0.1) is 17.1 Å². The Kier molecular flexibility index (Phi) is 4.16. The van der Waals surface area contributed by atoms with Gasteiger partial charge in [-0.3, -0.25) is 4.57 Å². The molecule has 2 aromatic heterocycles. The van der Waals surface area contributed by atoms with Crippen LogP contribution in [0.4, 0.5) is 0 Å². The number of aliphatic imine (C=N–C) groups is 1. The van der Waals surface area contributed by atoms with Crippen molar-refractivity contribution in [2.24, 2.45) is 4.99 Å². The molecule has 2 aliphatic heterocycles. The maximum absolute atomic E-state index is 7.69. The Hall–Kier alpha value is -4.12. The molecule has 0 bridgehead atoms. The summed E-state index contributed by atoms with van der Waals surface area (Å²) in [5.74, 6) is 2.66. The molecular weight excluding hydrogens is 470 g/mol. The highest BCUT2D eigenvalue weighted by Gasteiger charge is 2.36. The molecule has 0 saturated heterocycles. The van der Waals surface area contributed by atoms with E-state index in [1.807, 2.05) is 37.4 Å². The van der Waals surface area contributed by atoms with E-state index in [2.05, 4.69) is 67.6 Å². The van der Waals surface area contributed by atoms with Crippen LogP contribution < -0.4 is 4.74 Å². The second-order valence-corrected chi connectivity index (χ2v) is 11.1. The molecule has 7 rings (SSSR count). The summed E-state index contributed by atoms with van der Waals surface area (Å²) in [5, 5.41) is 2.38. The first-order valence-electron chi connectivity index (χ1n) is 14.5. The molecule has 5 aromatic rings. The van der Waals surface area contributed by atoms with E-state index in [9.17, 15) is 0 Å². The van der Waals surface area contributed by atoms with Gasteiger partial charge in [0.2, 0.25) is 5.90 Å². The Labute approximate surface area is 227 Å². The number of nitrogens with zero attached hydrogens (tertiary/aromatic N) is 3. The van der Waals surface area contributed by atoms with E-state index in [-0.39, 0.29) is 12.0 Å². The van der Waals surface area contributed by atoms with Crippen molar-refractivity contribution < 1.29 is 13.6 Å². The number of ether oxygens (including phenoxy) is 2. The smallest absolute Gasteiger partial charge is 0.216 e. The SMILES string of the molecule is [2H]C([2H])([2H])[C@@H]1COC(c2cc(C)cc(Oc3cc4c(cc3C)c3cc(C)cc5c3n4-c3ncccc3C5(C)C)c2)=N1. The van der Waals surface area contributed by atoms with Gasteiger partial charge >= 0.3 is 0 Å². The summed E-state index contributed by atoms with van der Waals surface area (Å²) in [4.78, 5) is 9.21. The zero-order valence-corrected chi connectivity index (χ0v) is 22.2. The third kappa shape index (κ3) is 3.31. The van der Waals surface area contributed by atoms with Gasteiger partial charge in [0.25, 0.3) is 0 Å². The minimum absolute atomic E-state index is 0.0457. The highest BCUT2D eigenvalue weighted by molar-refractivity contribution is 6.12. The molecule has 5 nitrogen and oxygen atoms in total. The molecule has 1 atom stereocenters. The van der Waals surface area contributed by atoms with E-state index in [0.29, 0.717) is 17.2 Å².